The van der Waals surface area contributed by atoms with Crippen LogP contribution in [0.25, 0.3) is 0 Å². The molecule has 5 heteroatoms. The Morgan fingerprint density at radius 2 is 1.65 bits per heavy atom. The highest BCUT2D eigenvalue weighted by Crippen LogP contribution is 2.27. The highest BCUT2D eigenvalue weighted by Gasteiger charge is 2.33. The van der Waals surface area contributed by atoms with Gasteiger partial charge in [-0.15, -0.1) is 0 Å². The van der Waals surface area contributed by atoms with Crippen LogP contribution in [0.1, 0.15) is 24.4 Å². The average molecular weight is 316 g/mol. The average Bonchev–Trinajstić information content (AvgIpc) is 3.11. The van der Waals surface area contributed by atoms with Gasteiger partial charge in [-0.25, -0.2) is 0 Å². The number of hydrogen-bond donors (Lipinski definition) is 1. The Morgan fingerprint density at radius 1 is 1.04 bits per heavy atom. The number of anilines is 1. The summed E-state index contributed by atoms with van der Waals surface area (Å²) in [6.07, 6.45) is 2.28. The van der Waals surface area contributed by atoms with Crippen LogP contribution in [0.2, 0.25) is 0 Å². The van der Waals surface area contributed by atoms with E-state index in [9.17, 15) is 4.79 Å². The lowest BCUT2D eigenvalue weighted by Gasteiger charge is -2.36. The molecule has 23 heavy (non-hydrogen) atoms. The van der Waals surface area contributed by atoms with E-state index < -0.39 is 0 Å². The Hall–Kier alpha value is -1.59. The number of rotatable bonds is 4. The zero-order chi connectivity index (χ0) is 16.2. The fourth-order valence-corrected chi connectivity index (χ4v) is 3.52. The molecule has 0 radical (unpaired) electrons. The third kappa shape index (κ3) is 3.67. The van der Waals surface area contributed by atoms with Gasteiger partial charge in [0.2, 0.25) is 5.91 Å². The van der Waals surface area contributed by atoms with Crippen LogP contribution in [0, 0.1) is 0 Å². The van der Waals surface area contributed by atoms with Crippen LogP contribution in [0.15, 0.2) is 24.3 Å². The second-order valence-corrected chi connectivity index (χ2v) is 6.71. The lowest BCUT2D eigenvalue weighted by Crippen LogP contribution is -2.49. The highest BCUT2D eigenvalue weighted by atomic mass is 16.2. The molecule has 1 aromatic rings. The summed E-state index contributed by atoms with van der Waals surface area (Å²) in [4.78, 5) is 19.6. The lowest BCUT2D eigenvalue weighted by atomic mass is 10.0. The van der Waals surface area contributed by atoms with E-state index in [-0.39, 0.29) is 11.9 Å². The van der Waals surface area contributed by atoms with E-state index in [4.69, 9.17) is 0 Å². The van der Waals surface area contributed by atoms with Gasteiger partial charge in [0.15, 0.2) is 0 Å². The summed E-state index contributed by atoms with van der Waals surface area (Å²) < 4.78 is 0. The smallest absolute Gasteiger partial charge is 0.244 e. The molecular weight excluding hydrogens is 288 g/mol. The van der Waals surface area contributed by atoms with E-state index in [2.05, 4.69) is 39.4 Å². The van der Waals surface area contributed by atoms with Crippen LogP contribution in [0.3, 0.4) is 0 Å². The summed E-state index contributed by atoms with van der Waals surface area (Å²) in [6, 6.07) is 8.33. The van der Waals surface area contributed by atoms with E-state index >= 15 is 0 Å². The number of amides is 1. The number of carbonyl (C=O) groups is 1. The molecule has 1 atom stereocenters. The van der Waals surface area contributed by atoms with E-state index in [0.29, 0.717) is 0 Å². The van der Waals surface area contributed by atoms with Crippen molar-refractivity contribution in [3.05, 3.63) is 29.8 Å². The summed E-state index contributed by atoms with van der Waals surface area (Å²) in [7, 11) is 4.08. The molecule has 1 amide bonds. The van der Waals surface area contributed by atoms with E-state index in [1.807, 2.05) is 19.0 Å². The van der Waals surface area contributed by atoms with Gasteiger partial charge in [0.25, 0.3) is 0 Å². The molecule has 0 spiro atoms. The number of hydrogen-bond acceptors (Lipinski definition) is 4. The Morgan fingerprint density at radius 3 is 2.22 bits per heavy atom. The Balaban J connectivity index is 1.85. The van der Waals surface area contributed by atoms with Crippen molar-refractivity contribution < 1.29 is 4.79 Å². The van der Waals surface area contributed by atoms with Crippen LogP contribution in [0.4, 0.5) is 5.69 Å². The second kappa shape index (κ2) is 7.32. The third-order valence-corrected chi connectivity index (χ3v) is 4.89. The molecule has 0 aliphatic carbocycles. The maximum absolute atomic E-state index is 13.1. The van der Waals surface area contributed by atoms with Gasteiger partial charge in [-0.1, -0.05) is 12.1 Å². The van der Waals surface area contributed by atoms with Crippen LogP contribution in [0.5, 0.6) is 0 Å². The molecule has 2 fully saturated rings. The van der Waals surface area contributed by atoms with Crippen LogP contribution in [-0.4, -0.2) is 69.1 Å². The fraction of sp³-hybridized carbons (Fsp3) is 0.611. The molecule has 0 aromatic heterocycles. The summed E-state index contributed by atoms with van der Waals surface area (Å²) in [5.41, 5.74) is 2.29. The number of piperazine rings is 1. The number of likely N-dealkylation sites (tertiary alicyclic amines) is 1. The topological polar surface area (TPSA) is 38.8 Å². The molecular formula is C18H28N4O. The maximum atomic E-state index is 13.1. The van der Waals surface area contributed by atoms with Crippen molar-refractivity contribution in [1.29, 1.82) is 0 Å². The van der Waals surface area contributed by atoms with Gasteiger partial charge in [0.05, 0.1) is 0 Å². The largest absolute Gasteiger partial charge is 0.378 e. The van der Waals surface area contributed by atoms with Gasteiger partial charge in [-0.2, -0.15) is 0 Å². The summed E-state index contributed by atoms with van der Waals surface area (Å²) in [6.45, 7) is 5.60. The van der Waals surface area contributed by atoms with Crippen molar-refractivity contribution in [2.75, 3.05) is 58.3 Å². The molecule has 126 valence electrons. The maximum Gasteiger partial charge on any atom is 0.244 e. The molecule has 2 aliphatic heterocycles. The van der Waals surface area contributed by atoms with Crippen molar-refractivity contribution in [2.45, 2.75) is 18.9 Å². The van der Waals surface area contributed by atoms with E-state index in [1.165, 1.54) is 5.69 Å². The van der Waals surface area contributed by atoms with Gasteiger partial charge in [0, 0.05) is 59.1 Å². The quantitative estimate of drug-likeness (QED) is 0.909. The van der Waals surface area contributed by atoms with Crippen molar-refractivity contribution in [3.8, 4) is 0 Å². The molecule has 2 heterocycles. The normalized spacial score (nSPS) is 20.5. The molecule has 5 nitrogen and oxygen atoms in total. The van der Waals surface area contributed by atoms with Gasteiger partial charge >= 0.3 is 0 Å². The van der Waals surface area contributed by atoms with E-state index in [0.717, 1.165) is 57.7 Å². The molecule has 0 saturated carbocycles. The van der Waals surface area contributed by atoms with Crippen molar-refractivity contribution >= 4 is 11.6 Å². The lowest BCUT2D eigenvalue weighted by molar-refractivity contribution is -0.136. The zero-order valence-electron chi connectivity index (χ0n) is 14.3. The molecule has 2 aliphatic rings. The first-order valence-electron chi connectivity index (χ1n) is 8.67. The first kappa shape index (κ1) is 16.3. The monoisotopic (exact) mass is 316 g/mol. The highest BCUT2D eigenvalue weighted by molar-refractivity contribution is 5.83. The SMILES string of the molecule is CN(C)c1ccc(C(C(=O)N2CCCC2)N2CCNCC2)cc1. The first-order chi connectivity index (χ1) is 11.2. The summed E-state index contributed by atoms with van der Waals surface area (Å²) >= 11 is 0. The van der Waals surface area contributed by atoms with E-state index in [1.54, 1.807) is 0 Å². The van der Waals surface area contributed by atoms with Crippen LogP contribution >= 0.6 is 0 Å². The Bertz CT molecular complexity index is 516. The van der Waals surface area contributed by atoms with Crippen molar-refractivity contribution in [3.63, 3.8) is 0 Å². The Labute approximate surface area is 139 Å². The predicted octanol–water partition coefficient (Wildman–Crippen LogP) is 1.32. The van der Waals surface area contributed by atoms with Gasteiger partial charge < -0.3 is 15.1 Å². The van der Waals surface area contributed by atoms with Gasteiger partial charge in [-0.05, 0) is 30.5 Å². The first-order valence-corrected chi connectivity index (χ1v) is 8.67. The molecule has 1 N–H and O–H groups in total. The van der Waals surface area contributed by atoms with Gasteiger partial charge in [0.1, 0.15) is 6.04 Å². The number of nitrogens with zero attached hydrogens (tertiary/aromatic N) is 3. The fourth-order valence-electron chi connectivity index (χ4n) is 3.52. The molecule has 1 aromatic carbocycles. The predicted molar refractivity (Wildman–Crippen MR) is 93.8 cm³/mol. The van der Waals surface area contributed by atoms with Gasteiger partial charge in [-0.3, -0.25) is 9.69 Å². The minimum Gasteiger partial charge on any atom is -0.378 e. The minimum atomic E-state index is -0.133. The molecule has 1 unspecified atom stereocenters. The number of carbonyl (C=O) groups excluding carboxylic acids is 1. The molecule has 0 bridgehead atoms. The van der Waals surface area contributed by atoms with Crippen LogP contribution in [-0.2, 0) is 4.79 Å². The van der Waals surface area contributed by atoms with Crippen molar-refractivity contribution in [2.24, 2.45) is 0 Å². The summed E-state index contributed by atoms with van der Waals surface area (Å²) in [5.74, 6) is 0.280. The number of benzene rings is 1. The second-order valence-electron chi connectivity index (χ2n) is 6.71. The van der Waals surface area contributed by atoms with Crippen LogP contribution < -0.4 is 10.2 Å². The minimum absolute atomic E-state index is 0.133. The molecule has 3 rings (SSSR count). The third-order valence-electron chi connectivity index (χ3n) is 4.89. The standard InChI is InChI=1S/C18H28N4O/c1-20(2)16-7-5-15(6-8-16)17(21-13-9-19-10-14-21)18(23)22-11-3-4-12-22/h5-8,17,19H,3-4,9-14H2,1-2H3. The Kier molecular flexibility index (Phi) is 5.18. The number of nitrogens with one attached hydrogen (secondary N) is 1. The van der Waals surface area contributed by atoms with Crippen molar-refractivity contribution in [1.82, 2.24) is 15.1 Å². The molecule has 2 saturated heterocycles. The zero-order valence-corrected chi connectivity index (χ0v) is 14.3. The summed E-state index contributed by atoms with van der Waals surface area (Å²) in [5, 5.41) is 3.38.